The molecule has 0 heterocycles. The molecule has 0 aromatic heterocycles. The Morgan fingerprint density at radius 3 is 2.16 bits per heavy atom. The Labute approximate surface area is 133 Å². The standard InChI is InChI=1S/C16H17ClIN/c1-3-12-4-10-15(11-5-12)19-16(2,18)13-6-8-14(17)9-7-13/h4-11,19H,3H2,1-2H3. The van der Waals surface area contributed by atoms with E-state index in [1.807, 2.05) is 12.1 Å². The maximum Gasteiger partial charge on any atom is 0.112 e. The van der Waals surface area contributed by atoms with E-state index in [0.717, 1.165) is 17.1 Å². The number of benzene rings is 2. The van der Waals surface area contributed by atoms with E-state index in [1.54, 1.807) is 0 Å². The van der Waals surface area contributed by atoms with Crippen LogP contribution in [0.1, 0.15) is 25.0 Å². The number of anilines is 1. The topological polar surface area (TPSA) is 12.0 Å². The minimum Gasteiger partial charge on any atom is -0.367 e. The van der Waals surface area contributed by atoms with Gasteiger partial charge in [-0.15, -0.1) is 0 Å². The molecule has 0 saturated heterocycles. The minimum absolute atomic E-state index is 0.157. The lowest BCUT2D eigenvalue weighted by molar-refractivity contribution is 0.845. The van der Waals surface area contributed by atoms with Gasteiger partial charge in [-0.1, -0.05) is 42.8 Å². The Balaban J connectivity index is 2.17. The van der Waals surface area contributed by atoms with Gasteiger partial charge in [-0.05, 0) is 71.3 Å². The van der Waals surface area contributed by atoms with Crippen LogP contribution in [0.4, 0.5) is 5.69 Å². The van der Waals surface area contributed by atoms with Crippen molar-refractivity contribution in [1.82, 2.24) is 0 Å². The van der Waals surface area contributed by atoms with E-state index >= 15 is 0 Å². The fourth-order valence-corrected chi connectivity index (χ4v) is 2.73. The van der Waals surface area contributed by atoms with Crippen LogP contribution in [0.5, 0.6) is 0 Å². The Morgan fingerprint density at radius 2 is 1.63 bits per heavy atom. The van der Waals surface area contributed by atoms with E-state index in [1.165, 1.54) is 11.1 Å². The highest BCUT2D eigenvalue weighted by atomic mass is 127. The third-order valence-electron chi connectivity index (χ3n) is 3.13. The van der Waals surface area contributed by atoms with Crippen molar-refractivity contribution in [3.05, 3.63) is 64.7 Å². The van der Waals surface area contributed by atoms with Gasteiger partial charge in [0.05, 0.1) is 0 Å². The first-order valence-corrected chi connectivity index (χ1v) is 7.79. The molecule has 0 spiro atoms. The summed E-state index contributed by atoms with van der Waals surface area (Å²) in [6.07, 6.45) is 1.07. The second kappa shape index (κ2) is 6.14. The molecule has 1 nitrogen and oxygen atoms in total. The van der Waals surface area contributed by atoms with Crippen molar-refractivity contribution >= 4 is 39.9 Å². The molecule has 0 radical (unpaired) electrons. The zero-order valence-corrected chi connectivity index (χ0v) is 14.0. The molecule has 0 aliphatic carbocycles. The number of rotatable bonds is 4. The molecule has 0 aliphatic rings. The quantitative estimate of drug-likeness (QED) is 0.409. The molecule has 1 N–H and O–H groups in total. The van der Waals surface area contributed by atoms with Crippen molar-refractivity contribution < 1.29 is 0 Å². The van der Waals surface area contributed by atoms with Gasteiger partial charge in [0.2, 0.25) is 0 Å². The van der Waals surface area contributed by atoms with Gasteiger partial charge >= 0.3 is 0 Å². The van der Waals surface area contributed by atoms with Crippen molar-refractivity contribution in [3.8, 4) is 0 Å². The largest absolute Gasteiger partial charge is 0.367 e. The molecule has 0 aliphatic heterocycles. The smallest absolute Gasteiger partial charge is 0.112 e. The summed E-state index contributed by atoms with van der Waals surface area (Å²) in [5, 5.41) is 4.32. The number of hydrogen-bond acceptors (Lipinski definition) is 1. The van der Waals surface area contributed by atoms with Crippen LogP contribution in [0.2, 0.25) is 5.02 Å². The van der Waals surface area contributed by atoms with Crippen molar-refractivity contribution in [3.63, 3.8) is 0 Å². The van der Waals surface area contributed by atoms with Crippen LogP contribution < -0.4 is 5.32 Å². The van der Waals surface area contributed by atoms with E-state index in [9.17, 15) is 0 Å². The molecular weight excluding hydrogens is 369 g/mol. The second-order valence-corrected chi connectivity index (χ2v) is 7.28. The third kappa shape index (κ3) is 3.86. The van der Waals surface area contributed by atoms with Gasteiger partial charge in [0, 0.05) is 10.7 Å². The highest BCUT2D eigenvalue weighted by molar-refractivity contribution is 14.1. The number of nitrogens with one attached hydrogen (secondary N) is 1. The number of aryl methyl sites for hydroxylation is 1. The average molecular weight is 386 g/mol. The summed E-state index contributed by atoms with van der Waals surface area (Å²) in [7, 11) is 0. The first-order valence-electron chi connectivity index (χ1n) is 6.33. The molecule has 2 aromatic carbocycles. The lowest BCUT2D eigenvalue weighted by Gasteiger charge is -2.26. The maximum atomic E-state index is 5.93. The summed E-state index contributed by atoms with van der Waals surface area (Å²) < 4.78 is -0.157. The summed E-state index contributed by atoms with van der Waals surface area (Å²) in [5.41, 5.74) is 3.69. The van der Waals surface area contributed by atoms with Gasteiger partial charge in [-0.25, -0.2) is 0 Å². The maximum absolute atomic E-state index is 5.93. The van der Waals surface area contributed by atoms with Crippen molar-refractivity contribution in [1.29, 1.82) is 0 Å². The first-order chi connectivity index (χ1) is 9.01. The second-order valence-electron chi connectivity index (χ2n) is 4.69. The fourth-order valence-electron chi connectivity index (χ4n) is 1.93. The van der Waals surface area contributed by atoms with Crippen molar-refractivity contribution in [2.24, 2.45) is 0 Å². The van der Waals surface area contributed by atoms with E-state index in [0.29, 0.717) is 0 Å². The summed E-state index contributed by atoms with van der Waals surface area (Å²) in [5.74, 6) is 0. The summed E-state index contributed by atoms with van der Waals surface area (Å²) in [6.45, 7) is 4.32. The van der Waals surface area contributed by atoms with Crippen LogP contribution in [0.15, 0.2) is 48.5 Å². The zero-order valence-electron chi connectivity index (χ0n) is 11.1. The summed E-state index contributed by atoms with van der Waals surface area (Å²) in [4.78, 5) is 0. The molecular formula is C16H17ClIN. The third-order valence-corrected chi connectivity index (χ3v) is 4.27. The van der Waals surface area contributed by atoms with Crippen LogP contribution in [0.25, 0.3) is 0 Å². The first kappa shape index (κ1) is 14.7. The Bertz CT molecular complexity index is 532. The van der Waals surface area contributed by atoms with Crippen molar-refractivity contribution in [2.45, 2.75) is 23.8 Å². The molecule has 0 fully saturated rings. The summed E-state index contributed by atoms with van der Waals surface area (Å²) >= 11 is 8.35. The Hall–Kier alpha value is -0.740. The molecule has 19 heavy (non-hydrogen) atoms. The number of hydrogen-bond donors (Lipinski definition) is 1. The van der Waals surface area contributed by atoms with Crippen LogP contribution in [0.3, 0.4) is 0 Å². The monoisotopic (exact) mass is 385 g/mol. The van der Waals surface area contributed by atoms with Crippen LogP contribution in [0, 0.1) is 0 Å². The van der Waals surface area contributed by atoms with Gasteiger partial charge in [0.1, 0.15) is 3.55 Å². The van der Waals surface area contributed by atoms with Gasteiger partial charge in [-0.3, -0.25) is 0 Å². The van der Waals surface area contributed by atoms with E-state index in [2.05, 4.69) is 78.2 Å². The molecule has 2 rings (SSSR count). The molecule has 100 valence electrons. The van der Waals surface area contributed by atoms with Gasteiger partial charge in [0.25, 0.3) is 0 Å². The van der Waals surface area contributed by atoms with E-state index in [-0.39, 0.29) is 3.55 Å². The van der Waals surface area contributed by atoms with E-state index in [4.69, 9.17) is 11.6 Å². The van der Waals surface area contributed by atoms with Crippen LogP contribution in [-0.4, -0.2) is 0 Å². The lowest BCUT2D eigenvalue weighted by Crippen LogP contribution is -2.24. The van der Waals surface area contributed by atoms with Crippen molar-refractivity contribution in [2.75, 3.05) is 5.32 Å². The van der Waals surface area contributed by atoms with E-state index < -0.39 is 0 Å². The van der Waals surface area contributed by atoms with Gasteiger partial charge in [-0.2, -0.15) is 0 Å². The molecule has 0 amide bonds. The van der Waals surface area contributed by atoms with Gasteiger partial charge < -0.3 is 5.32 Å². The molecule has 2 aromatic rings. The SMILES string of the molecule is CCc1ccc(NC(C)(I)c2ccc(Cl)cc2)cc1. The molecule has 3 heteroatoms. The average Bonchev–Trinajstić information content (AvgIpc) is 2.40. The van der Waals surface area contributed by atoms with Crippen LogP contribution in [-0.2, 0) is 9.97 Å². The molecule has 0 saturated carbocycles. The minimum atomic E-state index is -0.157. The number of alkyl halides is 1. The number of halogens is 2. The summed E-state index contributed by atoms with van der Waals surface area (Å²) in [6, 6.07) is 16.6. The fraction of sp³-hybridized carbons (Fsp3) is 0.250. The predicted octanol–water partition coefficient (Wildman–Crippen LogP) is 5.62. The van der Waals surface area contributed by atoms with Crippen LogP contribution >= 0.6 is 34.2 Å². The molecule has 0 bridgehead atoms. The lowest BCUT2D eigenvalue weighted by atomic mass is 10.1. The predicted molar refractivity (Wildman–Crippen MR) is 92.3 cm³/mol. The Kier molecular flexibility index (Phi) is 4.74. The molecule has 1 unspecified atom stereocenters. The zero-order chi connectivity index (χ0) is 13.9. The molecule has 1 atom stereocenters. The highest BCUT2D eigenvalue weighted by Gasteiger charge is 2.22. The normalized spacial score (nSPS) is 13.9. The Morgan fingerprint density at radius 1 is 1.05 bits per heavy atom. The highest BCUT2D eigenvalue weighted by Crippen LogP contribution is 2.33. The van der Waals surface area contributed by atoms with Gasteiger partial charge in [0.15, 0.2) is 0 Å².